The van der Waals surface area contributed by atoms with Crippen LogP contribution in [0.15, 0.2) is 0 Å². The van der Waals surface area contributed by atoms with Crippen molar-refractivity contribution in [1.82, 2.24) is 4.90 Å². The van der Waals surface area contributed by atoms with E-state index in [2.05, 4.69) is 11.0 Å². The van der Waals surface area contributed by atoms with E-state index in [9.17, 15) is 0 Å². The normalized spacial score (nSPS) is 37.0. The number of rotatable bonds is 3. The second-order valence-electron chi connectivity index (χ2n) is 4.62. The van der Waals surface area contributed by atoms with Crippen LogP contribution in [0.3, 0.4) is 0 Å². The van der Waals surface area contributed by atoms with Crippen molar-refractivity contribution in [2.45, 2.75) is 56.7 Å². The van der Waals surface area contributed by atoms with Gasteiger partial charge < -0.3 is 5.73 Å². The minimum absolute atomic E-state index is 0.430. The first-order valence-electron chi connectivity index (χ1n) is 5.69. The molecule has 2 aliphatic rings. The number of nitriles is 1. The van der Waals surface area contributed by atoms with Gasteiger partial charge in [-0.25, -0.2) is 0 Å². The molecule has 2 N–H and O–H groups in total. The predicted octanol–water partition coefficient (Wildman–Crippen LogP) is 1.24. The van der Waals surface area contributed by atoms with E-state index < -0.39 is 0 Å². The molecule has 3 heteroatoms. The van der Waals surface area contributed by atoms with Crippen LogP contribution in [-0.2, 0) is 0 Å². The molecule has 2 heterocycles. The Kier molecular flexibility index (Phi) is 3.05. The molecular weight excluding hydrogens is 174 g/mol. The fraction of sp³-hybridized carbons (Fsp3) is 0.909. The van der Waals surface area contributed by atoms with E-state index in [1.807, 2.05) is 0 Å². The molecule has 0 aromatic rings. The Balaban J connectivity index is 1.85. The van der Waals surface area contributed by atoms with Gasteiger partial charge in [0.05, 0.1) is 6.07 Å². The molecule has 0 aromatic carbocycles. The van der Waals surface area contributed by atoms with Crippen LogP contribution in [0.4, 0.5) is 0 Å². The monoisotopic (exact) mass is 193 g/mol. The summed E-state index contributed by atoms with van der Waals surface area (Å²) in [5.41, 5.74) is 5.99. The molecule has 0 amide bonds. The number of hydrogen-bond donors (Lipinski definition) is 1. The lowest BCUT2D eigenvalue weighted by Gasteiger charge is -2.37. The summed E-state index contributed by atoms with van der Waals surface area (Å²) in [7, 11) is 0. The summed E-state index contributed by atoms with van der Waals surface area (Å²) in [4.78, 5) is 2.60. The van der Waals surface area contributed by atoms with E-state index in [1.54, 1.807) is 0 Å². The van der Waals surface area contributed by atoms with Gasteiger partial charge in [-0.05, 0) is 38.6 Å². The molecule has 2 fully saturated rings. The highest BCUT2D eigenvalue weighted by Crippen LogP contribution is 2.34. The van der Waals surface area contributed by atoms with Crippen LogP contribution in [0.5, 0.6) is 0 Å². The first-order chi connectivity index (χ1) is 6.81. The lowest BCUT2D eigenvalue weighted by Crippen LogP contribution is -2.47. The van der Waals surface area contributed by atoms with Crippen LogP contribution in [0.1, 0.15) is 38.5 Å². The summed E-state index contributed by atoms with van der Waals surface area (Å²) >= 11 is 0. The van der Waals surface area contributed by atoms with E-state index in [-0.39, 0.29) is 0 Å². The second-order valence-corrected chi connectivity index (χ2v) is 4.62. The SMILES string of the molecule is N#CCCCN1C2CCC1CC(N)C2. The molecule has 0 radical (unpaired) electrons. The Labute approximate surface area is 85.9 Å². The highest BCUT2D eigenvalue weighted by molar-refractivity contribution is 4.96. The van der Waals surface area contributed by atoms with E-state index in [4.69, 9.17) is 11.0 Å². The van der Waals surface area contributed by atoms with Crippen LogP contribution < -0.4 is 5.73 Å². The van der Waals surface area contributed by atoms with Crippen LogP contribution >= 0.6 is 0 Å². The van der Waals surface area contributed by atoms with E-state index >= 15 is 0 Å². The maximum atomic E-state index is 8.50. The number of nitrogens with two attached hydrogens (primary N) is 1. The Morgan fingerprint density at radius 3 is 2.50 bits per heavy atom. The van der Waals surface area contributed by atoms with Crippen molar-refractivity contribution in [3.05, 3.63) is 0 Å². The molecule has 0 saturated carbocycles. The van der Waals surface area contributed by atoms with E-state index in [0.29, 0.717) is 12.5 Å². The predicted molar refractivity (Wildman–Crippen MR) is 55.6 cm³/mol. The summed E-state index contributed by atoms with van der Waals surface area (Å²) in [5.74, 6) is 0. The van der Waals surface area contributed by atoms with Crippen molar-refractivity contribution in [2.75, 3.05) is 6.54 Å². The Morgan fingerprint density at radius 2 is 1.93 bits per heavy atom. The molecule has 3 nitrogen and oxygen atoms in total. The topological polar surface area (TPSA) is 53.0 Å². The molecule has 2 rings (SSSR count). The summed E-state index contributed by atoms with van der Waals surface area (Å²) in [6.07, 6.45) is 6.71. The third-order valence-electron chi connectivity index (χ3n) is 3.63. The number of hydrogen-bond acceptors (Lipinski definition) is 3. The Morgan fingerprint density at radius 1 is 1.29 bits per heavy atom. The molecule has 0 aromatic heterocycles. The van der Waals surface area contributed by atoms with Gasteiger partial charge in [0.15, 0.2) is 0 Å². The van der Waals surface area contributed by atoms with Crippen LogP contribution in [0.25, 0.3) is 0 Å². The standard InChI is InChI=1S/C11H19N3/c12-5-1-2-6-14-10-3-4-11(14)8-9(13)7-10/h9-11H,1-4,6-8,13H2. The minimum Gasteiger partial charge on any atom is -0.328 e. The number of fused-ring (bicyclic) bond motifs is 2. The molecule has 0 aliphatic carbocycles. The summed E-state index contributed by atoms with van der Waals surface area (Å²) < 4.78 is 0. The smallest absolute Gasteiger partial charge is 0.0622 e. The van der Waals surface area contributed by atoms with Gasteiger partial charge in [0.1, 0.15) is 0 Å². The number of unbranched alkanes of at least 4 members (excludes halogenated alkanes) is 1. The van der Waals surface area contributed by atoms with Crippen molar-refractivity contribution < 1.29 is 0 Å². The van der Waals surface area contributed by atoms with Crippen LogP contribution in [-0.4, -0.2) is 29.6 Å². The molecular formula is C11H19N3. The fourth-order valence-electron chi connectivity index (χ4n) is 3.02. The van der Waals surface area contributed by atoms with Crippen molar-refractivity contribution >= 4 is 0 Å². The highest BCUT2D eigenvalue weighted by atomic mass is 15.2. The lowest BCUT2D eigenvalue weighted by atomic mass is 9.98. The highest BCUT2D eigenvalue weighted by Gasteiger charge is 2.38. The van der Waals surface area contributed by atoms with Gasteiger partial charge in [-0.15, -0.1) is 0 Å². The first kappa shape index (κ1) is 9.95. The number of nitrogens with zero attached hydrogens (tertiary/aromatic N) is 2. The van der Waals surface area contributed by atoms with Gasteiger partial charge >= 0.3 is 0 Å². The Hall–Kier alpha value is -0.590. The van der Waals surface area contributed by atoms with E-state index in [1.165, 1.54) is 25.7 Å². The number of piperidine rings is 1. The lowest BCUT2D eigenvalue weighted by molar-refractivity contribution is 0.127. The maximum Gasteiger partial charge on any atom is 0.0622 e. The van der Waals surface area contributed by atoms with Crippen molar-refractivity contribution in [2.24, 2.45) is 5.73 Å². The minimum atomic E-state index is 0.430. The summed E-state index contributed by atoms with van der Waals surface area (Å²) in [6, 6.07) is 4.09. The van der Waals surface area contributed by atoms with Gasteiger partial charge in [-0.2, -0.15) is 5.26 Å². The molecule has 78 valence electrons. The molecule has 14 heavy (non-hydrogen) atoms. The maximum absolute atomic E-state index is 8.50. The molecule has 2 bridgehead atoms. The third-order valence-corrected chi connectivity index (χ3v) is 3.63. The van der Waals surface area contributed by atoms with Crippen LogP contribution in [0, 0.1) is 11.3 Å². The fourth-order valence-corrected chi connectivity index (χ4v) is 3.02. The van der Waals surface area contributed by atoms with Crippen molar-refractivity contribution in [1.29, 1.82) is 5.26 Å². The summed E-state index contributed by atoms with van der Waals surface area (Å²) in [6.45, 7) is 1.11. The molecule has 0 spiro atoms. The molecule has 2 aliphatic heterocycles. The molecule has 2 unspecified atom stereocenters. The van der Waals surface area contributed by atoms with Gasteiger partial charge in [-0.3, -0.25) is 4.90 Å². The van der Waals surface area contributed by atoms with Gasteiger partial charge in [0.25, 0.3) is 0 Å². The van der Waals surface area contributed by atoms with Gasteiger partial charge in [-0.1, -0.05) is 0 Å². The van der Waals surface area contributed by atoms with E-state index in [0.717, 1.165) is 25.0 Å². The summed E-state index contributed by atoms with van der Waals surface area (Å²) in [5, 5.41) is 8.50. The van der Waals surface area contributed by atoms with Crippen LogP contribution in [0.2, 0.25) is 0 Å². The molecule has 2 atom stereocenters. The largest absolute Gasteiger partial charge is 0.328 e. The van der Waals surface area contributed by atoms with Gasteiger partial charge in [0.2, 0.25) is 0 Å². The zero-order chi connectivity index (χ0) is 9.97. The first-order valence-corrected chi connectivity index (χ1v) is 5.69. The Bertz CT molecular complexity index is 219. The zero-order valence-corrected chi connectivity index (χ0v) is 8.65. The quantitative estimate of drug-likeness (QED) is 0.686. The van der Waals surface area contributed by atoms with Gasteiger partial charge in [0, 0.05) is 24.5 Å². The second kappa shape index (κ2) is 4.29. The average Bonchev–Trinajstić information content (AvgIpc) is 2.42. The molecule has 2 saturated heterocycles. The zero-order valence-electron chi connectivity index (χ0n) is 8.65. The third kappa shape index (κ3) is 1.92. The van der Waals surface area contributed by atoms with Crippen molar-refractivity contribution in [3.63, 3.8) is 0 Å². The average molecular weight is 193 g/mol. The van der Waals surface area contributed by atoms with Crippen molar-refractivity contribution in [3.8, 4) is 6.07 Å².